The van der Waals surface area contributed by atoms with Crippen LogP contribution < -0.4 is 0 Å². The van der Waals surface area contributed by atoms with Gasteiger partial charge in [-0.25, -0.2) is 0 Å². The van der Waals surface area contributed by atoms with E-state index in [4.69, 9.17) is 0 Å². The first-order valence-electron chi connectivity index (χ1n) is 5.86. The average Bonchev–Trinajstić information content (AvgIpc) is 2.20. The van der Waals surface area contributed by atoms with Crippen LogP contribution in [0.5, 0.6) is 0 Å². The van der Waals surface area contributed by atoms with Crippen LogP contribution in [0.3, 0.4) is 0 Å². The Bertz CT molecular complexity index is 344. The van der Waals surface area contributed by atoms with Crippen LogP contribution in [0.4, 0.5) is 0 Å². The third kappa shape index (κ3) is 4.15. The molecule has 1 aromatic rings. The third-order valence-corrected chi connectivity index (χ3v) is 2.52. The quantitative estimate of drug-likeness (QED) is 0.733. The highest BCUT2D eigenvalue weighted by Gasteiger charge is 2.07. The topological polar surface area (TPSA) is 20.3 Å². The molecule has 0 unspecified atom stereocenters. The monoisotopic (exact) mass is 219 g/mol. The smallest absolute Gasteiger partial charge is 0.137 e. The van der Waals surface area contributed by atoms with Gasteiger partial charge in [-0.1, -0.05) is 31.2 Å². The lowest BCUT2D eigenvalue weighted by atomic mass is 10.0. The third-order valence-electron chi connectivity index (χ3n) is 2.52. The van der Waals surface area contributed by atoms with Crippen LogP contribution in [-0.2, 0) is 17.8 Å². The van der Waals surface area contributed by atoms with E-state index in [1.54, 1.807) is 0 Å². The molecule has 0 bridgehead atoms. The van der Waals surface area contributed by atoms with Crippen molar-refractivity contribution in [3.05, 3.63) is 35.4 Å². The molecule has 0 atom stereocenters. The Kier molecular flexibility index (Phi) is 5.20. The molecule has 16 heavy (non-hydrogen) atoms. The lowest BCUT2D eigenvalue weighted by Gasteiger charge is -2.13. The summed E-state index contributed by atoms with van der Waals surface area (Å²) in [5.41, 5.74) is 2.44. The van der Waals surface area contributed by atoms with Gasteiger partial charge in [-0.3, -0.25) is 4.79 Å². The zero-order valence-electron chi connectivity index (χ0n) is 10.5. The van der Waals surface area contributed by atoms with E-state index >= 15 is 0 Å². The Morgan fingerprint density at radius 3 is 2.38 bits per heavy atom. The normalized spacial score (nSPS) is 10.8. The van der Waals surface area contributed by atoms with Crippen molar-refractivity contribution < 1.29 is 4.79 Å². The fourth-order valence-corrected chi connectivity index (χ4v) is 1.80. The van der Waals surface area contributed by atoms with Crippen molar-refractivity contribution in [2.45, 2.75) is 32.7 Å². The number of benzene rings is 1. The van der Waals surface area contributed by atoms with E-state index in [2.05, 4.69) is 17.0 Å². The molecule has 0 N–H and O–H groups in total. The summed E-state index contributed by atoms with van der Waals surface area (Å²) < 4.78 is 0. The molecule has 0 heterocycles. The number of nitrogens with zero attached hydrogens (tertiary/aromatic N) is 1. The largest absolute Gasteiger partial charge is 0.305 e. The Morgan fingerprint density at radius 2 is 1.81 bits per heavy atom. The molecule has 0 aromatic heterocycles. The molecule has 2 nitrogen and oxygen atoms in total. The second-order valence-corrected chi connectivity index (χ2v) is 4.47. The Morgan fingerprint density at radius 1 is 1.19 bits per heavy atom. The standard InChI is InChI=1S/C14H21NO/c1-4-7-14(16)10-12-8-5-6-9-13(12)11-15(2)3/h5-6,8-9H,4,7,10-11H2,1-3H3. The van der Waals surface area contributed by atoms with Crippen LogP contribution in [-0.4, -0.2) is 24.8 Å². The Balaban J connectivity index is 2.74. The minimum absolute atomic E-state index is 0.341. The first kappa shape index (κ1) is 12.9. The molecule has 0 spiro atoms. The van der Waals surface area contributed by atoms with Gasteiger partial charge in [-0.2, -0.15) is 0 Å². The maximum atomic E-state index is 11.6. The van der Waals surface area contributed by atoms with Gasteiger partial charge in [0.2, 0.25) is 0 Å². The van der Waals surface area contributed by atoms with Crippen LogP contribution in [0.1, 0.15) is 30.9 Å². The minimum Gasteiger partial charge on any atom is -0.305 e. The highest BCUT2D eigenvalue weighted by Crippen LogP contribution is 2.12. The first-order valence-corrected chi connectivity index (χ1v) is 5.86. The van der Waals surface area contributed by atoms with Crippen LogP contribution in [0.15, 0.2) is 24.3 Å². The maximum absolute atomic E-state index is 11.6. The van der Waals surface area contributed by atoms with Gasteiger partial charge in [0.15, 0.2) is 0 Å². The number of rotatable bonds is 6. The summed E-state index contributed by atoms with van der Waals surface area (Å²) in [7, 11) is 4.09. The molecule has 0 aliphatic heterocycles. The molecule has 0 fully saturated rings. The van der Waals surface area contributed by atoms with E-state index in [1.165, 1.54) is 11.1 Å². The van der Waals surface area contributed by atoms with E-state index in [0.717, 1.165) is 13.0 Å². The second-order valence-electron chi connectivity index (χ2n) is 4.47. The SMILES string of the molecule is CCCC(=O)Cc1ccccc1CN(C)C. The Hall–Kier alpha value is -1.15. The van der Waals surface area contributed by atoms with E-state index in [-0.39, 0.29) is 0 Å². The molecule has 0 saturated carbocycles. The van der Waals surface area contributed by atoms with Gasteiger partial charge in [-0.05, 0) is 31.6 Å². The summed E-state index contributed by atoms with van der Waals surface area (Å²) in [5.74, 6) is 0.341. The number of carbonyl (C=O) groups excluding carboxylic acids is 1. The second kappa shape index (κ2) is 6.44. The van der Waals surface area contributed by atoms with Crippen LogP contribution in [0.2, 0.25) is 0 Å². The van der Waals surface area contributed by atoms with Crippen molar-refractivity contribution in [3.8, 4) is 0 Å². The van der Waals surface area contributed by atoms with E-state index in [1.807, 2.05) is 33.2 Å². The van der Waals surface area contributed by atoms with Gasteiger partial charge >= 0.3 is 0 Å². The molecular weight excluding hydrogens is 198 g/mol. The molecule has 0 amide bonds. The van der Waals surface area contributed by atoms with Crippen molar-refractivity contribution >= 4 is 5.78 Å². The van der Waals surface area contributed by atoms with E-state index in [9.17, 15) is 4.79 Å². The first-order chi connectivity index (χ1) is 7.63. The van der Waals surface area contributed by atoms with Gasteiger partial charge in [0.1, 0.15) is 5.78 Å². The van der Waals surface area contributed by atoms with Crippen molar-refractivity contribution in [1.82, 2.24) is 4.90 Å². The number of hydrogen-bond acceptors (Lipinski definition) is 2. The van der Waals surface area contributed by atoms with Crippen molar-refractivity contribution in [3.63, 3.8) is 0 Å². The fraction of sp³-hybridized carbons (Fsp3) is 0.500. The number of Topliss-reactive ketones (excluding diaryl/α,β-unsaturated/α-hetero) is 1. The summed E-state index contributed by atoms with van der Waals surface area (Å²) in [6, 6.07) is 8.21. The van der Waals surface area contributed by atoms with Crippen molar-refractivity contribution in [2.24, 2.45) is 0 Å². The number of hydrogen-bond donors (Lipinski definition) is 0. The van der Waals surface area contributed by atoms with Gasteiger partial charge in [0, 0.05) is 19.4 Å². The molecule has 0 aliphatic rings. The van der Waals surface area contributed by atoms with Crippen LogP contribution >= 0.6 is 0 Å². The summed E-state index contributed by atoms with van der Waals surface area (Å²) in [6.45, 7) is 2.94. The summed E-state index contributed by atoms with van der Waals surface area (Å²) in [6.07, 6.45) is 2.21. The molecule has 0 radical (unpaired) electrons. The van der Waals surface area contributed by atoms with E-state index in [0.29, 0.717) is 18.6 Å². The highest BCUT2D eigenvalue weighted by atomic mass is 16.1. The van der Waals surface area contributed by atoms with Crippen LogP contribution in [0, 0.1) is 0 Å². The zero-order chi connectivity index (χ0) is 12.0. The molecule has 2 heteroatoms. The van der Waals surface area contributed by atoms with Crippen LogP contribution in [0.25, 0.3) is 0 Å². The molecular formula is C14H21NO. The molecule has 1 aromatic carbocycles. The fourth-order valence-electron chi connectivity index (χ4n) is 1.80. The highest BCUT2D eigenvalue weighted by molar-refractivity contribution is 5.81. The van der Waals surface area contributed by atoms with Crippen molar-refractivity contribution in [1.29, 1.82) is 0 Å². The van der Waals surface area contributed by atoms with Crippen molar-refractivity contribution in [2.75, 3.05) is 14.1 Å². The predicted molar refractivity (Wildman–Crippen MR) is 67.5 cm³/mol. The Labute approximate surface area is 98.3 Å². The maximum Gasteiger partial charge on any atom is 0.137 e. The van der Waals surface area contributed by atoms with E-state index < -0.39 is 0 Å². The number of carbonyl (C=O) groups is 1. The lowest BCUT2D eigenvalue weighted by Crippen LogP contribution is -2.13. The predicted octanol–water partition coefficient (Wildman–Crippen LogP) is 2.66. The summed E-state index contributed by atoms with van der Waals surface area (Å²) in [5, 5.41) is 0. The summed E-state index contributed by atoms with van der Waals surface area (Å²) in [4.78, 5) is 13.8. The molecule has 88 valence electrons. The van der Waals surface area contributed by atoms with Gasteiger partial charge < -0.3 is 4.90 Å². The van der Waals surface area contributed by atoms with Gasteiger partial charge in [-0.15, -0.1) is 0 Å². The van der Waals surface area contributed by atoms with Gasteiger partial charge in [0.25, 0.3) is 0 Å². The molecule has 1 rings (SSSR count). The summed E-state index contributed by atoms with van der Waals surface area (Å²) >= 11 is 0. The zero-order valence-corrected chi connectivity index (χ0v) is 10.5. The molecule has 0 saturated heterocycles. The minimum atomic E-state index is 0.341. The average molecular weight is 219 g/mol. The lowest BCUT2D eigenvalue weighted by molar-refractivity contribution is -0.118. The number of ketones is 1. The van der Waals surface area contributed by atoms with Gasteiger partial charge in [0.05, 0.1) is 0 Å². The molecule has 0 aliphatic carbocycles.